The summed E-state index contributed by atoms with van der Waals surface area (Å²) >= 11 is 5.86. The SMILES string of the molecule is Clc1ccc(Cc2noc(C3CCCNC3)n2)cc1. The van der Waals surface area contributed by atoms with Crippen molar-refractivity contribution in [3.05, 3.63) is 46.6 Å². The van der Waals surface area contributed by atoms with E-state index >= 15 is 0 Å². The predicted octanol–water partition coefficient (Wildman–Crippen LogP) is 2.78. The largest absolute Gasteiger partial charge is 0.339 e. The molecule has 0 radical (unpaired) electrons. The molecule has 19 heavy (non-hydrogen) atoms. The highest BCUT2D eigenvalue weighted by Crippen LogP contribution is 2.22. The molecule has 0 bridgehead atoms. The van der Waals surface area contributed by atoms with Crippen LogP contribution in [0.2, 0.25) is 5.02 Å². The minimum absolute atomic E-state index is 0.361. The second-order valence-electron chi connectivity index (χ2n) is 4.90. The Morgan fingerprint density at radius 2 is 2.16 bits per heavy atom. The van der Waals surface area contributed by atoms with E-state index in [2.05, 4.69) is 15.5 Å². The van der Waals surface area contributed by atoms with Gasteiger partial charge >= 0.3 is 0 Å². The lowest BCUT2D eigenvalue weighted by atomic mass is 10.00. The zero-order valence-corrected chi connectivity index (χ0v) is 11.4. The van der Waals surface area contributed by atoms with Crippen LogP contribution in [0.1, 0.15) is 36.0 Å². The van der Waals surface area contributed by atoms with Crippen molar-refractivity contribution in [2.45, 2.75) is 25.2 Å². The molecule has 0 amide bonds. The summed E-state index contributed by atoms with van der Waals surface area (Å²) in [5, 5.41) is 8.16. The molecule has 100 valence electrons. The van der Waals surface area contributed by atoms with Crippen LogP contribution in [0.25, 0.3) is 0 Å². The first-order valence-corrected chi connectivity index (χ1v) is 6.97. The zero-order chi connectivity index (χ0) is 13.1. The van der Waals surface area contributed by atoms with Gasteiger partial charge in [0.15, 0.2) is 5.82 Å². The maximum atomic E-state index is 5.86. The molecule has 1 aromatic carbocycles. The molecule has 1 fully saturated rings. The average Bonchev–Trinajstić information content (AvgIpc) is 2.91. The Balaban J connectivity index is 1.68. The van der Waals surface area contributed by atoms with Gasteiger partial charge in [-0.05, 0) is 37.1 Å². The van der Waals surface area contributed by atoms with E-state index in [0.717, 1.165) is 41.8 Å². The molecule has 1 aliphatic rings. The molecule has 4 nitrogen and oxygen atoms in total. The Kier molecular flexibility index (Phi) is 3.80. The van der Waals surface area contributed by atoms with Crippen LogP contribution in [0.4, 0.5) is 0 Å². The molecule has 1 aromatic heterocycles. The minimum atomic E-state index is 0.361. The number of benzene rings is 1. The number of aromatic nitrogens is 2. The van der Waals surface area contributed by atoms with Crippen molar-refractivity contribution < 1.29 is 4.52 Å². The average molecular weight is 278 g/mol. The first kappa shape index (κ1) is 12.6. The summed E-state index contributed by atoms with van der Waals surface area (Å²) in [6.45, 7) is 2.02. The van der Waals surface area contributed by atoms with Crippen LogP contribution in [0.3, 0.4) is 0 Å². The highest BCUT2D eigenvalue weighted by atomic mass is 35.5. The van der Waals surface area contributed by atoms with Crippen molar-refractivity contribution >= 4 is 11.6 Å². The van der Waals surface area contributed by atoms with E-state index in [-0.39, 0.29) is 0 Å². The van der Waals surface area contributed by atoms with Crippen LogP contribution < -0.4 is 5.32 Å². The topological polar surface area (TPSA) is 51.0 Å². The number of rotatable bonds is 3. The number of halogens is 1. The fourth-order valence-electron chi connectivity index (χ4n) is 2.35. The van der Waals surface area contributed by atoms with Crippen molar-refractivity contribution in [1.29, 1.82) is 0 Å². The molecule has 1 unspecified atom stereocenters. The summed E-state index contributed by atoms with van der Waals surface area (Å²) in [4.78, 5) is 4.50. The normalized spacial score (nSPS) is 19.5. The third-order valence-electron chi connectivity index (χ3n) is 3.41. The smallest absolute Gasteiger partial charge is 0.231 e. The van der Waals surface area contributed by atoms with E-state index in [0.29, 0.717) is 12.3 Å². The molecule has 0 saturated carbocycles. The lowest BCUT2D eigenvalue weighted by Gasteiger charge is -2.18. The molecular formula is C14H16ClN3O. The minimum Gasteiger partial charge on any atom is -0.339 e. The maximum absolute atomic E-state index is 5.86. The number of nitrogens with zero attached hydrogens (tertiary/aromatic N) is 2. The van der Waals surface area contributed by atoms with Gasteiger partial charge in [0.2, 0.25) is 5.89 Å². The molecule has 0 spiro atoms. The third kappa shape index (κ3) is 3.14. The first-order chi connectivity index (χ1) is 9.31. The van der Waals surface area contributed by atoms with Crippen LogP contribution in [0, 0.1) is 0 Å². The Hall–Kier alpha value is -1.39. The highest BCUT2D eigenvalue weighted by Gasteiger charge is 2.21. The van der Waals surface area contributed by atoms with Gasteiger partial charge < -0.3 is 9.84 Å². The fraction of sp³-hybridized carbons (Fsp3) is 0.429. The van der Waals surface area contributed by atoms with Crippen molar-refractivity contribution in [2.24, 2.45) is 0 Å². The van der Waals surface area contributed by atoms with E-state index in [4.69, 9.17) is 16.1 Å². The molecular weight excluding hydrogens is 262 g/mol. The van der Waals surface area contributed by atoms with Crippen LogP contribution in [0.5, 0.6) is 0 Å². The van der Waals surface area contributed by atoms with E-state index in [1.807, 2.05) is 24.3 Å². The molecule has 1 aliphatic heterocycles. The lowest BCUT2D eigenvalue weighted by Crippen LogP contribution is -2.28. The zero-order valence-electron chi connectivity index (χ0n) is 10.6. The summed E-state index contributed by atoms with van der Waals surface area (Å²) in [7, 11) is 0. The molecule has 2 heterocycles. The summed E-state index contributed by atoms with van der Waals surface area (Å²) < 4.78 is 5.37. The number of nitrogens with one attached hydrogen (secondary N) is 1. The molecule has 1 N–H and O–H groups in total. The van der Waals surface area contributed by atoms with Crippen molar-refractivity contribution in [3.63, 3.8) is 0 Å². The van der Waals surface area contributed by atoms with Crippen molar-refractivity contribution in [1.82, 2.24) is 15.5 Å². The molecule has 1 atom stereocenters. The van der Waals surface area contributed by atoms with E-state index in [9.17, 15) is 0 Å². The standard InChI is InChI=1S/C14H16ClN3O/c15-12-5-3-10(4-6-12)8-13-17-14(19-18-13)11-2-1-7-16-9-11/h3-6,11,16H,1-2,7-9H2. The second-order valence-corrected chi connectivity index (χ2v) is 5.33. The number of hydrogen-bond acceptors (Lipinski definition) is 4. The van der Waals surface area contributed by atoms with Gasteiger partial charge in [-0.2, -0.15) is 4.98 Å². The Bertz CT molecular complexity index is 532. The van der Waals surface area contributed by atoms with Gasteiger partial charge in [0.25, 0.3) is 0 Å². The molecule has 5 heteroatoms. The summed E-state index contributed by atoms with van der Waals surface area (Å²) in [5.74, 6) is 1.86. The summed E-state index contributed by atoms with van der Waals surface area (Å²) in [6, 6.07) is 7.73. The highest BCUT2D eigenvalue weighted by molar-refractivity contribution is 6.30. The van der Waals surface area contributed by atoms with Crippen LogP contribution in [-0.4, -0.2) is 23.2 Å². The van der Waals surface area contributed by atoms with Crippen LogP contribution in [-0.2, 0) is 6.42 Å². The van der Waals surface area contributed by atoms with Gasteiger partial charge in [-0.1, -0.05) is 28.9 Å². The van der Waals surface area contributed by atoms with E-state index in [1.54, 1.807) is 0 Å². The van der Waals surface area contributed by atoms with Gasteiger partial charge in [-0.25, -0.2) is 0 Å². The van der Waals surface area contributed by atoms with E-state index < -0.39 is 0 Å². The third-order valence-corrected chi connectivity index (χ3v) is 3.66. The van der Waals surface area contributed by atoms with Gasteiger partial charge in [0.05, 0.1) is 5.92 Å². The predicted molar refractivity (Wildman–Crippen MR) is 73.4 cm³/mol. The van der Waals surface area contributed by atoms with Crippen LogP contribution in [0.15, 0.2) is 28.8 Å². The molecule has 2 aromatic rings. The monoisotopic (exact) mass is 277 g/mol. The quantitative estimate of drug-likeness (QED) is 0.937. The van der Waals surface area contributed by atoms with Crippen molar-refractivity contribution in [2.75, 3.05) is 13.1 Å². The second kappa shape index (κ2) is 5.72. The van der Waals surface area contributed by atoms with Gasteiger partial charge in [0.1, 0.15) is 0 Å². The van der Waals surface area contributed by atoms with Gasteiger partial charge in [-0.3, -0.25) is 0 Å². The van der Waals surface area contributed by atoms with Crippen LogP contribution >= 0.6 is 11.6 Å². The Morgan fingerprint density at radius 1 is 1.32 bits per heavy atom. The van der Waals surface area contributed by atoms with E-state index in [1.165, 1.54) is 6.42 Å². The Morgan fingerprint density at radius 3 is 2.89 bits per heavy atom. The van der Waals surface area contributed by atoms with Crippen molar-refractivity contribution in [3.8, 4) is 0 Å². The van der Waals surface area contributed by atoms with Gasteiger partial charge in [-0.15, -0.1) is 0 Å². The fourth-order valence-corrected chi connectivity index (χ4v) is 2.48. The Labute approximate surface area is 117 Å². The molecule has 1 saturated heterocycles. The summed E-state index contributed by atoms with van der Waals surface area (Å²) in [6.07, 6.45) is 2.97. The number of piperidine rings is 1. The maximum Gasteiger partial charge on any atom is 0.231 e. The summed E-state index contributed by atoms with van der Waals surface area (Å²) in [5.41, 5.74) is 1.14. The first-order valence-electron chi connectivity index (χ1n) is 6.59. The number of hydrogen-bond donors (Lipinski definition) is 1. The van der Waals surface area contributed by atoms with Gasteiger partial charge in [0, 0.05) is 18.0 Å². The lowest BCUT2D eigenvalue weighted by molar-refractivity contribution is 0.320. The molecule has 0 aliphatic carbocycles. The molecule has 3 rings (SSSR count).